The van der Waals surface area contributed by atoms with Crippen molar-refractivity contribution in [3.8, 4) is 5.75 Å². The van der Waals surface area contributed by atoms with Crippen LogP contribution in [0.15, 0.2) is 24.3 Å². The van der Waals surface area contributed by atoms with Gasteiger partial charge in [0.2, 0.25) is 0 Å². The van der Waals surface area contributed by atoms with Gasteiger partial charge in [-0.15, -0.1) is 0 Å². The highest BCUT2D eigenvalue weighted by Gasteiger charge is 2.23. The average molecular weight is 372 g/mol. The van der Waals surface area contributed by atoms with E-state index < -0.39 is 30.5 Å². The number of esters is 2. The van der Waals surface area contributed by atoms with Crippen molar-refractivity contribution in [3.05, 3.63) is 29.3 Å². The number of halogens is 1. The maximum atomic E-state index is 11.8. The number of hydrogen-bond acceptors (Lipinski definition) is 6. The predicted octanol–water partition coefficient (Wildman–Crippen LogP) is 1.97. The van der Waals surface area contributed by atoms with Gasteiger partial charge in [-0.3, -0.25) is 4.79 Å². The number of methoxy groups -OCH3 is 1. The number of hydrogen-bond donors (Lipinski definition) is 1. The Morgan fingerprint density at radius 1 is 1.12 bits per heavy atom. The minimum absolute atomic E-state index is 0.180. The molecule has 8 heteroatoms. The first kappa shape index (κ1) is 20.8. The molecule has 25 heavy (non-hydrogen) atoms. The van der Waals surface area contributed by atoms with E-state index >= 15 is 0 Å². The Morgan fingerprint density at radius 2 is 1.76 bits per heavy atom. The third-order valence-corrected chi connectivity index (χ3v) is 3.31. The largest absolute Gasteiger partial charge is 0.482 e. The Kier molecular flexibility index (Phi) is 8.77. The van der Waals surface area contributed by atoms with Crippen molar-refractivity contribution in [2.75, 3.05) is 20.3 Å². The van der Waals surface area contributed by atoms with Gasteiger partial charge in [-0.25, -0.2) is 9.59 Å². The molecule has 1 atom stereocenters. The van der Waals surface area contributed by atoms with Gasteiger partial charge in [0.1, 0.15) is 11.8 Å². The van der Waals surface area contributed by atoms with E-state index in [0.29, 0.717) is 17.2 Å². The van der Waals surface area contributed by atoms with E-state index in [1.807, 2.05) is 13.8 Å². The molecule has 1 aromatic rings. The lowest BCUT2D eigenvalue weighted by molar-refractivity contribution is -0.151. The molecule has 0 unspecified atom stereocenters. The van der Waals surface area contributed by atoms with Crippen LogP contribution in [0.25, 0.3) is 0 Å². The molecule has 0 saturated heterocycles. The molecule has 1 N–H and O–H groups in total. The number of carbonyl (C=O) groups excluding carboxylic acids is 3. The molecule has 0 aliphatic heterocycles. The van der Waals surface area contributed by atoms with Crippen LogP contribution in [0.3, 0.4) is 0 Å². The molecule has 0 spiro atoms. The normalized spacial score (nSPS) is 11.6. The van der Waals surface area contributed by atoms with Crippen LogP contribution in [-0.4, -0.2) is 44.2 Å². The topological polar surface area (TPSA) is 90.9 Å². The lowest BCUT2D eigenvalue weighted by atomic mass is 10.0. The van der Waals surface area contributed by atoms with Crippen molar-refractivity contribution in [2.24, 2.45) is 5.92 Å². The van der Waals surface area contributed by atoms with Gasteiger partial charge >= 0.3 is 11.9 Å². The molecule has 0 heterocycles. The van der Waals surface area contributed by atoms with Crippen LogP contribution in [0, 0.1) is 5.92 Å². The third kappa shape index (κ3) is 8.39. The summed E-state index contributed by atoms with van der Waals surface area (Å²) < 4.78 is 14.7. The number of rotatable bonds is 9. The smallest absolute Gasteiger partial charge is 0.344 e. The van der Waals surface area contributed by atoms with E-state index in [4.69, 9.17) is 21.1 Å². The van der Waals surface area contributed by atoms with Gasteiger partial charge in [-0.2, -0.15) is 0 Å². The van der Waals surface area contributed by atoms with Crippen LogP contribution in [0.5, 0.6) is 5.75 Å². The van der Waals surface area contributed by atoms with Crippen LogP contribution in [-0.2, 0) is 23.9 Å². The van der Waals surface area contributed by atoms with E-state index in [0.717, 1.165) is 0 Å². The molecule has 0 aliphatic rings. The SMILES string of the molecule is COC(=O)[C@H](CC(C)C)NC(=O)COC(=O)COc1ccc(Cl)cc1. The van der Waals surface area contributed by atoms with Crippen LogP contribution < -0.4 is 10.1 Å². The lowest BCUT2D eigenvalue weighted by Crippen LogP contribution is -2.44. The summed E-state index contributed by atoms with van der Waals surface area (Å²) in [6.45, 7) is 2.97. The maximum Gasteiger partial charge on any atom is 0.344 e. The molecule has 0 radical (unpaired) electrons. The minimum atomic E-state index is -0.776. The quantitative estimate of drug-likeness (QED) is 0.667. The summed E-state index contributed by atoms with van der Waals surface area (Å²) in [5, 5.41) is 3.04. The van der Waals surface area contributed by atoms with Crippen LogP contribution in [0.1, 0.15) is 20.3 Å². The Morgan fingerprint density at radius 3 is 2.32 bits per heavy atom. The summed E-state index contributed by atoms with van der Waals surface area (Å²) in [7, 11) is 1.25. The average Bonchev–Trinajstić information content (AvgIpc) is 2.57. The van der Waals surface area contributed by atoms with E-state index in [9.17, 15) is 14.4 Å². The molecular weight excluding hydrogens is 350 g/mol. The van der Waals surface area contributed by atoms with Crippen molar-refractivity contribution in [1.29, 1.82) is 0 Å². The molecule has 0 bridgehead atoms. The van der Waals surface area contributed by atoms with Gasteiger partial charge in [0.15, 0.2) is 13.2 Å². The fourth-order valence-corrected chi connectivity index (χ4v) is 2.05. The second-order valence-corrected chi connectivity index (χ2v) is 6.11. The highest BCUT2D eigenvalue weighted by atomic mass is 35.5. The van der Waals surface area contributed by atoms with Crippen molar-refractivity contribution >= 4 is 29.4 Å². The zero-order chi connectivity index (χ0) is 18.8. The summed E-state index contributed by atoms with van der Waals surface area (Å²) in [4.78, 5) is 35.0. The number of nitrogens with one attached hydrogen (secondary N) is 1. The van der Waals surface area contributed by atoms with Crippen LogP contribution >= 0.6 is 11.6 Å². The van der Waals surface area contributed by atoms with Gasteiger partial charge in [0, 0.05) is 5.02 Å². The highest BCUT2D eigenvalue weighted by molar-refractivity contribution is 6.30. The fourth-order valence-electron chi connectivity index (χ4n) is 1.92. The van der Waals surface area contributed by atoms with Gasteiger partial charge in [-0.05, 0) is 36.6 Å². The van der Waals surface area contributed by atoms with Gasteiger partial charge < -0.3 is 19.5 Å². The summed E-state index contributed by atoms with van der Waals surface area (Å²) in [5.41, 5.74) is 0. The second kappa shape index (κ2) is 10.6. The van der Waals surface area contributed by atoms with E-state index in [1.54, 1.807) is 24.3 Å². The van der Waals surface area contributed by atoms with Crippen LogP contribution in [0.4, 0.5) is 0 Å². The molecule has 1 amide bonds. The number of benzene rings is 1. The number of carbonyl (C=O) groups is 3. The second-order valence-electron chi connectivity index (χ2n) is 5.68. The minimum Gasteiger partial charge on any atom is -0.482 e. The summed E-state index contributed by atoms with van der Waals surface area (Å²) in [5.74, 6) is -1.20. The Labute approximate surface area is 151 Å². The third-order valence-electron chi connectivity index (χ3n) is 3.06. The number of ether oxygens (including phenoxy) is 3. The molecule has 0 fully saturated rings. The molecule has 0 aliphatic carbocycles. The molecular formula is C17H22ClNO6. The summed E-state index contributed by atoms with van der Waals surface area (Å²) in [6.07, 6.45) is 0.423. The predicted molar refractivity (Wildman–Crippen MR) is 91.3 cm³/mol. The van der Waals surface area contributed by atoms with Gasteiger partial charge in [0.25, 0.3) is 5.91 Å². The number of amides is 1. The Balaban J connectivity index is 2.37. The van der Waals surface area contributed by atoms with E-state index in [1.165, 1.54) is 7.11 Å². The Hall–Kier alpha value is -2.28. The van der Waals surface area contributed by atoms with Crippen molar-refractivity contribution < 1.29 is 28.6 Å². The van der Waals surface area contributed by atoms with E-state index in [2.05, 4.69) is 10.1 Å². The lowest BCUT2D eigenvalue weighted by Gasteiger charge is -2.18. The standard InChI is InChI=1S/C17H22ClNO6/c1-11(2)8-14(17(22)23-3)19-15(20)9-25-16(21)10-24-13-6-4-12(18)5-7-13/h4-7,11,14H,8-10H2,1-3H3,(H,19,20)/t14-/m0/s1. The molecule has 0 aromatic heterocycles. The van der Waals surface area contributed by atoms with Gasteiger partial charge in [0.05, 0.1) is 7.11 Å². The summed E-state index contributed by atoms with van der Waals surface area (Å²) >= 11 is 5.74. The highest BCUT2D eigenvalue weighted by Crippen LogP contribution is 2.15. The zero-order valence-electron chi connectivity index (χ0n) is 14.4. The van der Waals surface area contributed by atoms with Crippen molar-refractivity contribution in [3.63, 3.8) is 0 Å². The van der Waals surface area contributed by atoms with Gasteiger partial charge in [-0.1, -0.05) is 25.4 Å². The molecule has 7 nitrogen and oxygen atoms in total. The van der Waals surface area contributed by atoms with Crippen LogP contribution in [0.2, 0.25) is 5.02 Å². The molecule has 1 aromatic carbocycles. The monoisotopic (exact) mass is 371 g/mol. The Bertz CT molecular complexity index is 587. The van der Waals surface area contributed by atoms with Crippen molar-refractivity contribution in [2.45, 2.75) is 26.3 Å². The summed E-state index contributed by atoms with van der Waals surface area (Å²) in [6, 6.07) is 5.68. The zero-order valence-corrected chi connectivity index (χ0v) is 15.2. The maximum absolute atomic E-state index is 11.8. The van der Waals surface area contributed by atoms with Crippen molar-refractivity contribution in [1.82, 2.24) is 5.32 Å². The molecule has 1 rings (SSSR count). The first-order valence-corrected chi connectivity index (χ1v) is 8.10. The molecule has 0 saturated carbocycles. The fraction of sp³-hybridized carbons (Fsp3) is 0.471. The van der Waals surface area contributed by atoms with E-state index in [-0.39, 0.29) is 12.5 Å². The molecule has 138 valence electrons. The first-order chi connectivity index (χ1) is 11.8. The first-order valence-electron chi connectivity index (χ1n) is 7.73.